The summed E-state index contributed by atoms with van der Waals surface area (Å²) in [5.74, 6) is 0.718. The lowest BCUT2D eigenvalue weighted by Crippen LogP contribution is -2.48. The minimum Gasteiger partial charge on any atom is -0.353 e. The van der Waals surface area contributed by atoms with Crippen molar-refractivity contribution in [1.82, 2.24) is 25.3 Å². The quantitative estimate of drug-likeness (QED) is 0.753. The average Bonchev–Trinajstić information content (AvgIpc) is 3.11. The number of piperazine rings is 1. The van der Waals surface area contributed by atoms with E-state index in [1.165, 1.54) is 0 Å². The van der Waals surface area contributed by atoms with Crippen molar-refractivity contribution in [2.75, 3.05) is 24.5 Å². The monoisotopic (exact) mass is 324 g/mol. The molecule has 124 valence electrons. The third kappa shape index (κ3) is 3.19. The molecule has 0 aromatic carbocycles. The average molecular weight is 324 g/mol. The van der Waals surface area contributed by atoms with Crippen molar-refractivity contribution in [2.45, 2.75) is 13.8 Å². The Morgan fingerprint density at radius 2 is 2.08 bits per heavy atom. The second-order valence-corrected chi connectivity index (χ2v) is 5.17. The molecule has 0 aliphatic carbocycles. The number of rotatable bonds is 2. The Labute approximate surface area is 140 Å². The number of nitrogens with one attached hydrogen (secondary N) is 2. The lowest BCUT2D eigenvalue weighted by atomic mass is 10.2. The van der Waals surface area contributed by atoms with E-state index < -0.39 is 0 Å². The molecule has 0 radical (unpaired) electrons. The van der Waals surface area contributed by atoms with E-state index in [-0.39, 0.29) is 5.91 Å². The molecular formula is C17H20N6O. The molecule has 24 heavy (non-hydrogen) atoms. The number of hydrogen-bond acceptors (Lipinski definition) is 5. The molecule has 7 nitrogen and oxygen atoms in total. The molecule has 3 aromatic rings. The van der Waals surface area contributed by atoms with Gasteiger partial charge in [-0.1, -0.05) is 13.8 Å². The van der Waals surface area contributed by atoms with Crippen LogP contribution in [0.4, 0.5) is 5.82 Å². The standard InChI is InChI=1S/C15H14N6O.C2H6/c22-14-9-21(4-3-17-14)13-8-16-7-12(20-13)11-5-10-1-2-18-15(10)19-6-11;1-2/h1-2,5-8H,3-4,9H2,(H,17,22)(H,18,19);1-2H3. The van der Waals surface area contributed by atoms with E-state index in [4.69, 9.17) is 0 Å². The highest BCUT2D eigenvalue weighted by Crippen LogP contribution is 2.22. The number of carbonyl (C=O) groups excluding carboxylic acids is 1. The van der Waals surface area contributed by atoms with Crippen LogP contribution in [0.15, 0.2) is 36.9 Å². The van der Waals surface area contributed by atoms with Crippen molar-refractivity contribution >= 4 is 22.8 Å². The van der Waals surface area contributed by atoms with Crippen molar-refractivity contribution in [3.8, 4) is 11.3 Å². The lowest BCUT2D eigenvalue weighted by Gasteiger charge is -2.27. The molecular weight excluding hydrogens is 304 g/mol. The number of anilines is 1. The van der Waals surface area contributed by atoms with E-state index in [9.17, 15) is 4.79 Å². The van der Waals surface area contributed by atoms with E-state index in [1.807, 2.05) is 37.1 Å². The van der Waals surface area contributed by atoms with E-state index in [0.717, 1.165) is 28.8 Å². The van der Waals surface area contributed by atoms with Gasteiger partial charge >= 0.3 is 0 Å². The third-order valence-corrected chi connectivity index (χ3v) is 3.68. The molecule has 1 aliphatic rings. The first-order chi connectivity index (χ1) is 11.8. The summed E-state index contributed by atoms with van der Waals surface area (Å²) in [5, 5.41) is 3.83. The van der Waals surface area contributed by atoms with Crippen molar-refractivity contribution in [1.29, 1.82) is 0 Å². The minimum atomic E-state index is 0.00821. The molecule has 2 N–H and O–H groups in total. The summed E-state index contributed by atoms with van der Waals surface area (Å²) in [6.45, 7) is 5.67. The largest absolute Gasteiger partial charge is 0.353 e. The van der Waals surface area contributed by atoms with Crippen LogP contribution < -0.4 is 10.2 Å². The number of aromatic nitrogens is 4. The van der Waals surface area contributed by atoms with Gasteiger partial charge in [0.15, 0.2) is 0 Å². The molecule has 4 heterocycles. The van der Waals surface area contributed by atoms with E-state index >= 15 is 0 Å². The van der Waals surface area contributed by atoms with Gasteiger partial charge in [-0.05, 0) is 12.1 Å². The number of H-pyrrole nitrogens is 1. The van der Waals surface area contributed by atoms with Gasteiger partial charge in [-0.2, -0.15) is 0 Å². The van der Waals surface area contributed by atoms with E-state index in [2.05, 4.69) is 25.3 Å². The van der Waals surface area contributed by atoms with Crippen LogP contribution >= 0.6 is 0 Å². The Morgan fingerprint density at radius 3 is 2.92 bits per heavy atom. The zero-order valence-corrected chi connectivity index (χ0v) is 13.8. The molecule has 1 amide bonds. The number of fused-ring (bicyclic) bond motifs is 1. The van der Waals surface area contributed by atoms with Crippen LogP contribution in [0.5, 0.6) is 0 Å². The number of pyridine rings is 1. The SMILES string of the molecule is CC.O=C1CN(c2cncc(-c3cnc4[nH]ccc4c3)n2)CCN1. The number of amides is 1. The van der Waals surface area contributed by atoms with Gasteiger partial charge < -0.3 is 15.2 Å². The maximum absolute atomic E-state index is 11.5. The Hall–Kier alpha value is -2.96. The Bertz CT molecular complexity index is 844. The maximum atomic E-state index is 11.5. The normalized spacial score (nSPS) is 14.1. The molecule has 4 rings (SSSR count). The molecule has 1 fully saturated rings. The van der Waals surface area contributed by atoms with Crippen molar-refractivity contribution in [3.63, 3.8) is 0 Å². The molecule has 1 aliphatic heterocycles. The van der Waals surface area contributed by atoms with Crippen LogP contribution in [0.25, 0.3) is 22.3 Å². The van der Waals surface area contributed by atoms with Crippen LogP contribution in [-0.4, -0.2) is 45.5 Å². The van der Waals surface area contributed by atoms with Gasteiger partial charge in [-0.3, -0.25) is 9.78 Å². The first kappa shape index (κ1) is 15.9. The number of nitrogens with zero attached hydrogens (tertiary/aromatic N) is 4. The summed E-state index contributed by atoms with van der Waals surface area (Å²) >= 11 is 0. The first-order valence-corrected chi connectivity index (χ1v) is 8.07. The highest BCUT2D eigenvalue weighted by atomic mass is 16.2. The smallest absolute Gasteiger partial charge is 0.239 e. The maximum Gasteiger partial charge on any atom is 0.239 e. The molecule has 0 bridgehead atoms. The van der Waals surface area contributed by atoms with Crippen LogP contribution in [0.1, 0.15) is 13.8 Å². The molecule has 7 heteroatoms. The fourth-order valence-electron chi connectivity index (χ4n) is 2.56. The third-order valence-electron chi connectivity index (χ3n) is 3.68. The summed E-state index contributed by atoms with van der Waals surface area (Å²) in [5.41, 5.74) is 2.50. The highest BCUT2D eigenvalue weighted by molar-refractivity contribution is 5.83. The van der Waals surface area contributed by atoms with Crippen LogP contribution in [0, 0.1) is 0 Å². The number of hydrogen-bond donors (Lipinski definition) is 2. The van der Waals surface area contributed by atoms with Gasteiger partial charge in [0.25, 0.3) is 0 Å². The van der Waals surface area contributed by atoms with E-state index in [0.29, 0.717) is 18.9 Å². The molecule has 0 saturated carbocycles. The summed E-state index contributed by atoms with van der Waals surface area (Å²) in [6.07, 6.45) is 7.03. The molecule has 3 aromatic heterocycles. The van der Waals surface area contributed by atoms with Crippen LogP contribution in [0.3, 0.4) is 0 Å². The summed E-state index contributed by atoms with van der Waals surface area (Å²) in [4.78, 5) is 29.8. The predicted octanol–water partition coefficient (Wildman–Crippen LogP) is 1.98. The van der Waals surface area contributed by atoms with Crippen LogP contribution in [0.2, 0.25) is 0 Å². The number of aromatic amines is 1. The minimum absolute atomic E-state index is 0.00821. The highest BCUT2D eigenvalue weighted by Gasteiger charge is 2.18. The molecule has 0 spiro atoms. The van der Waals surface area contributed by atoms with Gasteiger partial charge in [0.1, 0.15) is 11.5 Å². The van der Waals surface area contributed by atoms with Crippen molar-refractivity contribution < 1.29 is 4.79 Å². The fourth-order valence-corrected chi connectivity index (χ4v) is 2.56. The fraction of sp³-hybridized carbons (Fsp3) is 0.294. The topological polar surface area (TPSA) is 86.8 Å². The summed E-state index contributed by atoms with van der Waals surface area (Å²) in [6, 6.07) is 3.99. The number of carbonyl (C=O) groups is 1. The lowest BCUT2D eigenvalue weighted by molar-refractivity contribution is -0.120. The second-order valence-electron chi connectivity index (χ2n) is 5.17. The van der Waals surface area contributed by atoms with Crippen molar-refractivity contribution in [3.05, 3.63) is 36.9 Å². The van der Waals surface area contributed by atoms with Gasteiger partial charge in [-0.15, -0.1) is 0 Å². The van der Waals surface area contributed by atoms with Gasteiger partial charge in [0, 0.05) is 36.4 Å². The van der Waals surface area contributed by atoms with Gasteiger partial charge in [-0.25, -0.2) is 9.97 Å². The summed E-state index contributed by atoms with van der Waals surface area (Å²) < 4.78 is 0. The second kappa shape index (κ2) is 7.08. The predicted molar refractivity (Wildman–Crippen MR) is 93.7 cm³/mol. The van der Waals surface area contributed by atoms with Crippen LogP contribution in [-0.2, 0) is 4.79 Å². The zero-order chi connectivity index (χ0) is 16.9. The van der Waals surface area contributed by atoms with Crippen molar-refractivity contribution in [2.24, 2.45) is 0 Å². The van der Waals surface area contributed by atoms with E-state index in [1.54, 1.807) is 18.6 Å². The molecule has 0 atom stereocenters. The summed E-state index contributed by atoms with van der Waals surface area (Å²) in [7, 11) is 0. The zero-order valence-electron chi connectivity index (χ0n) is 13.8. The first-order valence-electron chi connectivity index (χ1n) is 8.07. The Morgan fingerprint density at radius 1 is 1.21 bits per heavy atom. The van der Waals surface area contributed by atoms with Gasteiger partial charge in [0.05, 0.1) is 24.6 Å². The Kier molecular flexibility index (Phi) is 4.69. The van der Waals surface area contributed by atoms with Gasteiger partial charge in [0.2, 0.25) is 5.91 Å². The molecule has 0 unspecified atom stereocenters. The molecule has 1 saturated heterocycles. The Balaban J connectivity index is 0.000000815.